The molecule has 10 aromatic rings. The summed E-state index contributed by atoms with van der Waals surface area (Å²) >= 11 is 1.86. The number of rotatable bonds is 4. The van der Waals surface area contributed by atoms with Gasteiger partial charge in [-0.3, -0.25) is 4.40 Å². The average Bonchev–Trinajstić information content (AvgIpc) is 3.69. The Morgan fingerprint density at radius 1 is 0.417 bits per heavy atom. The Bertz CT molecular complexity index is 2830. The molecule has 0 fully saturated rings. The molecular formula is C44H27N3S. The zero-order valence-corrected chi connectivity index (χ0v) is 26.7. The minimum atomic E-state index is 0.920. The topological polar surface area (TPSA) is 30.2 Å². The summed E-state index contributed by atoms with van der Waals surface area (Å²) in [5.41, 5.74) is 13.3. The predicted molar refractivity (Wildman–Crippen MR) is 203 cm³/mol. The predicted octanol–water partition coefficient (Wildman–Crippen LogP) is 12.1. The van der Waals surface area contributed by atoms with Crippen LogP contribution in [-0.2, 0) is 0 Å². The van der Waals surface area contributed by atoms with Crippen LogP contribution in [0.25, 0.3) is 92.5 Å². The number of hydrogen-bond acceptors (Lipinski definition) is 3. The average molecular weight is 630 g/mol. The monoisotopic (exact) mass is 629 g/mol. The Hall–Kier alpha value is -6.10. The molecule has 0 N–H and O–H groups in total. The van der Waals surface area contributed by atoms with Gasteiger partial charge in [-0.05, 0) is 59.2 Å². The standard InChI is InChI=1S/C44H27N3S/c1-3-10-28(11-4-1)36-23-20-30-18-19-31-21-24-37(46-43(31)42(30)45-36)34-15-9-14-32(26-34)33-22-25-38-35(27-33)41(29-12-5-2-6-13-29)44-47(38)39-16-7-8-17-40(39)48-44/h1-27H. The van der Waals surface area contributed by atoms with Crippen molar-refractivity contribution in [1.29, 1.82) is 0 Å². The van der Waals surface area contributed by atoms with E-state index in [0.29, 0.717) is 0 Å². The van der Waals surface area contributed by atoms with E-state index in [9.17, 15) is 0 Å². The Morgan fingerprint density at radius 3 is 1.75 bits per heavy atom. The van der Waals surface area contributed by atoms with Crippen LogP contribution in [0, 0.1) is 0 Å². The van der Waals surface area contributed by atoms with Crippen LogP contribution in [0.2, 0.25) is 0 Å². The summed E-state index contributed by atoms with van der Waals surface area (Å²) in [6.45, 7) is 0. The van der Waals surface area contributed by atoms with Crippen molar-refractivity contribution in [1.82, 2.24) is 14.4 Å². The van der Waals surface area contributed by atoms with Crippen LogP contribution >= 0.6 is 11.3 Å². The van der Waals surface area contributed by atoms with Gasteiger partial charge in [-0.25, -0.2) is 9.97 Å². The number of nitrogens with zero attached hydrogens (tertiary/aromatic N) is 3. The van der Waals surface area contributed by atoms with Crippen molar-refractivity contribution in [3.05, 3.63) is 164 Å². The van der Waals surface area contributed by atoms with Crippen molar-refractivity contribution < 1.29 is 0 Å². The molecule has 48 heavy (non-hydrogen) atoms. The van der Waals surface area contributed by atoms with Crippen molar-refractivity contribution in [2.45, 2.75) is 0 Å². The number of aromatic nitrogens is 3. The highest BCUT2D eigenvalue weighted by atomic mass is 32.1. The summed E-state index contributed by atoms with van der Waals surface area (Å²) in [5, 5.41) is 3.43. The van der Waals surface area contributed by atoms with Crippen LogP contribution in [0.3, 0.4) is 0 Å². The van der Waals surface area contributed by atoms with Gasteiger partial charge in [0.15, 0.2) is 0 Å². The quantitative estimate of drug-likeness (QED) is 0.181. The summed E-state index contributed by atoms with van der Waals surface area (Å²) in [7, 11) is 0. The van der Waals surface area contributed by atoms with E-state index in [4.69, 9.17) is 9.97 Å². The minimum absolute atomic E-state index is 0.920. The van der Waals surface area contributed by atoms with Crippen LogP contribution in [0.5, 0.6) is 0 Å². The molecule has 0 atom stereocenters. The molecular weight excluding hydrogens is 603 g/mol. The van der Waals surface area contributed by atoms with Crippen molar-refractivity contribution in [2.24, 2.45) is 0 Å². The maximum absolute atomic E-state index is 5.23. The summed E-state index contributed by atoms with van der Waals surface area (Å²) in [6.07, 6.45) is 0. The number of thiazole rings is 1. The molecule has 6 aromatic carbocycles. The highest BCUT2D eigenvalue weighted by Crippen LogP contribution is 2.43. The molecule has 0 spiro atoms. The van der Waals surface area contributed by atoms with E-state index in [1.165, 1.54) is 42.6 Å². The van der Waals surface area contributed by atoms with Gasteiger partial charge in [0, 0.05) is 32.8 Å². The first-order valence-corrected chi connectivity index (χ1v) is 17.0. The zero-order valence-electron chi connectivity index (χ0n) is 25.8. The fraction of sp³-hybridized carbons (Fsp3) is 0. The lowest BCUT2D eigenvalue weighted by Gasteiger charge is -2.10. The van der Waals surface area contributed by atoms with Gasteiger partial charge in [0.25, 0.3) is 0 Å². The van der Waals surface area contributed by atoms with Gasteiger partial charge >= 0.3 is 0 Å². The Kier molecular flexibility index (Phi) is 6.05. The number of pyridine rings is 2. The van der Waals surface area contributed by atoms with Gasteiger partial charge in [-0.2, -0.15) is 0 Å². The molecule has 10 rings (SSSR count). The number of fused-ring (bicyclic) bond motifs is 8. The first kappa shape index (κ1) is 27.1. The third kappa shape index (κ3) is 4.27. The normalized spacial score (nSPS) is 11.8. The van der Waals surface area contributed by atoms with Crippen LogP contribution in [0.1, 0.15) is 0 Å². The summed E-state index contributed by atoms with van der Waals surface area (Å²) < 4.78 is 3.73. The Morgan fingerprint density at radius 2 is 1.00 bits per heavy atom. The van der Waals surface area contributed by atoms with E-state index >= 15 is 0 Å². The SMILES string of the molecule is c1ccc(-c2ccc3ccc4ccc(-c5cccc(-c6ccc7c(c6)c(-c6ccccc6)c6sc8ccccc8n67)c5)nc4c3n2)cc1. The summed E-state index contributed by atoms with van der Waals surface area (Å²) in [5.74, 6) is 0. The van der Waals surface area contributed by atoms with Gasteiger partial charge in [-0.1, -0.05) is 121 Å². The minimum Gasteiger partial charge on any atom is -0.299 e. The highest BCUT2D eigenvalue weighted by molar-refractivity contribution is 7.24. The van der Waals surface area contributed by atoms with Gasteiger partial charge < -0.3 is 0 Å². The first-order chi connectivity index (χ1) is 23.8. The maximum Gasteiger partial charge on any atom is 0.109 e. The molecule has 4 aromatic heterocycles. The van der Waals surface area contributed by atoms with E-state index in [2.05, 4.69) is 162 Å². The molecule has 0 aliphatic carbocycles. The third-order valence-electron chi connectivity index (χ3n) is 9.38. The molecule has 3 nitrogen and oxygen atoms in total. The maximum atomic E-state index is 5.23. The molecule has 0 aliphatic rings. The summed E-state index contributed by atoms with van der Waals surface area (Å²) in [6, 6.07) is 58.3. The van der Waals surface area contributed by atoms with E-state index in [1.54, 1.807) is 0 Å². The molecule has 224 valence electrons. The van der Waals surface area contributed by atoms with Crippen molar-refractivity contribution >= 4 is 59.1 Å². The molecule has 0 saturated heterocycles. The number of hydrogen-bond donors (Lipinski definition) is 0. The van der Waals surface area contributed by atoms with E-state index in [-0.39, 0.29) is 0 Å². The second-order valence-electron chi connectivity index (χ2n) is 12.2. The largest absolute Gasteiger partial charge is 0.299 e. The lowest BCUT2D eigenvalue weighted by molar-refractivity contribution is 1.36. The third-order valence-corrected chi connectivity index (χ3v) is 10.5. The molecule has 0 bridgehead atoms. The summed E-state index contributed by atoms with van der Waals surface area (Å²) in [4.78, 5) is 11.6. The lowest BCUT2D eigenvalue weighted by atomic mass is 9.98. The lowest BCUT2D eigenvalue weighted by Crippen LogP contribution is -1.91. The van der Waals surface area contributed by atoms with Gasteiger partial charge in [0.1, 0.15) is 4.83 Å². The second kappa shape index (κ2) is 10.7. The van der Waals surface area contributed by atoms with Crippen LogP contribution < -0.4 is 0 Å². The number of para-hydroxylation sites is 1. The van der Waals surface area contributed by atoms with Crippen LogP contribution in [-0.4, -0.2) is 14.4 Å². The Balaban J connectivity index is 1.12. The van der Waals surface area contributed by atoms with E-state index < -0.39 is 0 Å². The first-order valence-electron chi connectivity index (χ1n) is 16.2. The second-order valence-corrected chi connectivity index (χ2v) is 13.3. The molecule has 4 heteroatoms. The molecule has 0 aliphatic heterocycles. The molecule has 0 unspecified atom stereocenters. The van der Waals surface area contributed by atoms with Crippen molar-refractivity contribution in [2.75, 3.05) is 0 Å². The van der Waals surface area contributed by atoms with Gasteiger partial charge in [-0.15, -0.1) is 11.3 Å². The van der Waals surface area contributed by atoms with Gasteiger partial charge in [0.05, 0.1) is 38.2 Å². The smallest absolute Gasteiger partial charge is 0.109 e. The van der Waals surface area contributed by atoms with E-state index in [1.807, 2.05) is 17.4 Å². The highest BCUT2D eigenvalue weighted by Gasteiger charge is 2.19. The van der Waals surface area contributed by atoms with Crippen molar-refractivity contribution in [3.8, 4) is 44.8 Å². The molecule has 0 amide bonds. The fourth-order valence-electron chi connectivity index (χ4n) is 7.06. The molecule has 4 heterocycles. The van der Waals surface area contributed by atoms with Crippen LogP contribution in [0.15, 0.2) is 164 Å². The molecule has 0 radical (unpaired) electrons. The molecule has 0 saturated carbocycles. The van der Waals surface area contributed by atoms with Crippen LogP contribution in [0.4, 0.5) is 0 Å². The Labute approximate surface area is 281 Å². The van der Waals surface area contributed by atoms with Gasteiger partial charge in [0.2, 0.25) is 0 Å². The number of benzene rings is 6. The zero-order chi connectivity index (χ0) is 31.6. The fourth-order valence-corrected chi connectivity index (χ4v) is 8.29. The van der Waals surface area contributed by atoms with E-state index in [0.717, 1.165) is 49.9 Å². The van der Waals surface area contributed by atoms with Crippen molar-refractivity contribution in [3.63, 3.8) is 0 Å².